The number of anilines is 1. The zero-order valence-electron chi connectivity index (χ0n) is 13.8. The average molecular weight is 368 g/mol. The largest absolute Gasteiger partial charge is 0.310 e. The highest BCUT2D eigenvalue weighted by Gasteiger charge is 2.36. The summed E-state index contributed by atoms with van der Waals surface area (Å²) in [6.07, 6.45) is 3.25. The Hall–Kier alpha value is -3.06. The van der Waals surface area contributed by atoms with E-state index < -0.39 is 5.92 Å². The molecular weight excluding hydrogens is 354 g/mol. The third kappa shape index (κ3) is 2.76. The van der Waals surface area contributed by atoms with Crippen LogP contribution in [0.3, 0.4) is 0 Å². The van der Waals surface area contributed by atoms with Crippen molar-refractivity contribution in [1.29, 1.82) is 0 Å². The number of carbonyl (C=O) groups excluding carboxylic acids is 2. The van der Waals surface area contributed by atoms with E-state index in [0.717, 1.165) is 0 Å². The van der Waals surface area contributed by atoms with Crippen molar-refractivity contribution >= 4 is 29.1 Å². The van der Waals surface area contributed by atoms with Gasteiger partial charge in [0.05, 0.1) is 11.6 Å². The Kier molecular flexibility index (Phi) is 4.00. The van der Waals surface area contributed by atoms with E-state index >= 15 is 0 Å². The van der Waals surface area contributed by atoms with Crippen LogP contribution >= 0.6 is 11.6 Å². The Morgan fingerprint density at radius 2 is 1.92 bits per heavy atom. The molecule has 1 atom stereocenters. The summed E-state index contributed by atoms with van der Waals surface area (Å²) in [5.74, 6) is -0.234. The van der Waals surface area contributed by atoms with Crippen molar-refractivity contribution in [2.24, 2.45) is 0 Å². The fourth-order valence-electron chi connectivity index (χ4n) is 3.13. The molecule has 130 valence electrons. The Balaban J connectivity index is 1.81. The predicted octanol–water partition coefficient (Wildman–Crippen LogP) is 2.93. The molecule has 1 amide bonds. The van der Waals surface area contributed by atoms with E-state index in [2.05, 4.69) is 20.4 Å². The lowest BCUT2D eigenvalue weighted by Crippen LogP contribution is -2.28. The van der Waals surface area contributed by atoms with Crippen LogP contribution in [0.25, 0.3) is 5.95 Å². The topological polar surface area (TPSA) is 89.8 Å². The highest BCUT2D eigenvalue weighted by molar-refractivity contribution is 6.30. The second-order valence-electron chi connectivity index (χ2n) is 5.98. The number of carbonyl (C=O) groups is 2. The van der Waals surface area contributed by atoms with Gasteiger partial charge in [0.25, 0.3) is 5.95 Å². The van der Waals surface area contributed by atoms with E-state index in [1.165, 1.54) is 4.68 Å². The minimum atomic E-state index is -0.614. The van der Waals surface area contributed by atoms with Crippen LogP contribution in [-0.4, -0.2) is 31.4 Å². The maximum absolute atomic E-state index is 13.0. The van der Waals surface area contributed by atoms with Gasteiger partial charge >= 0.3 is 0 Å². The van der Waals surface area contributed by atoms with Gasteiger partial charge in [0.15, 0.2) is 5.78 Å². The van der Waals surface area contributed by atoms with Crippen LogP contribution in [0.15, 0.2) is 42.7 Å². The quantitative estimate of drug-likeness (QED) is 0.719. The lowest BCUT2D eigenvalue weighted by atomic mass is 9.85. The first-order chi connectivity index (χ1) is 12.5. The summed E-state index contributed by atoms with van der Waals surface area (Å²) in [6.45, 7) is 1.80. The number of amides is 1. The molecular formula is C18H14ClN5O2. The standard InChI is InChI=1S/C18H14ClN5O2/c1-10-15-13(16(26)11-3-5-12(19)6-4-11)9-14(25)22-17(15)24(23-10)18-20-7-2-8-21-18/h2-8,13H,9H2,1H3,(H,22,25)/t13-/m1/s1. The van der Waals surface area contributed by atoms with Gasteiger partial charge in [-0.05, 0) is 37.3 Å². The minimum Gasteiger partial charge on any atom is -0.310 e. The highest BCUT2D eigenvalue weighted by atomic mass is 35.5. The van der Waals surface area contributed by atoms with Gasteiger partial charge in [-0.15, -0.1) is 0 Å². The summed E-state index contributed by atoms with van der Waals surface area (Å²) in [6, 6.07) is 8.34. The molecule has 3 heterocycles. The first kappa shape index (κ1) is 16.4. The fraction of sp³-hybridized carbons (Fsp3) is 0.167. The number of benzene rings is 1. The van der Waals surface area contributed by atoms with Crippen LogP contribution in [0.2, 0.25) is 5.02 Å². The van der Waals surface area contributed by atoms with Gasteiger partial charge in [-0.25, -0.2) is 9.97 Å². The van der Waals surface area contributed by atoms with E-state index in [-0.39, 0.29) is 18.1 Å². The molecule has 0 fully saturated rings. The molecule has 1 aliphatic heterocycles. The molecule has 4 rings (SSSR count). The van der Waals surface area contributed by atoms with Gasteiger partial charge in [-0.3, -0.25) is 9.59 Å². The number of hydrogen-bond donors (Lipinski definition) is 1. The van der Waals surface area contributed by atoms with E-state index in [4.69, 9.17) is 11.6 Å². The minimum absolute atomic E-state index is 0.0661. The number of hydrogen-bond acceptors (Lipinski definition) is 5. The SMILES string of the molecule is Cc1nn(-c2ncccn2)c2c1[C@H](C(=O)c1ccc(Cl)cc1)CC(=O)N2. The van der Waals surface area contributed by atoms with Gasteiger partial charge in [0.1, 0.15) is 5.82 Å². The van der Waals surface area contributed by atoms with Crippen LogP contribution in [-0.2, 0) is 4.79 Å². The van der Waals surface area contributed by atoms with Crippen molar-refractivity contribution in [2.75, 3.05) is 5.32 Å². The van der Waals surface area contributed by atoms with E-state index in [1.54, 1.807) is 49.6 Å². The molecule has 1 N–H and O–H groups in total. The number of Topliss-reactive ketones (excluding diaryl/α,β-unsaturated/α-hetero) is 1. The lowest BCUT2D eigenvalue weighted by molar-refractivity contribution is -0.116. The van der Waals surface area contributed by atoms with Crippen molar-refractivity contribution in [2.45, 2.75) is 19.3 Å². The first-order valence-electron chi connectivity index (χ1n) is 8.01. The summed E-state index contributed by atoms with van der Waals surface area (Å²) < 4.78 is 1.46. The number of aryl methyl sites for hydroxylation is 1. The maximum atomic E-state index is 13.0. The molecule has 0 spiro atoms. The molecule has 2 aromatic heterocycles. The van der Waals surface area contributed by atoms with E-state index in [0.29, 0.717) is 33.6 Å². The van der Waals surface area contributed by atoms with Crippen LogP contribution < -0.4 is 5.32 Å². The summed E-state index contributed by atoms with van der Waals surface area (Å²) >= 11 is 5.90. The molecule has 0 saturated carbocycles. The molecule has 3 aromatic rings. The van der Waals surface area contributed by atoms with Crippen molar-refractivity contribution in [3.63, 3.8) is 0 Å². The second-order valence-corrected chi connectivity index (χ2v) is 6.42. The smallest absolute Gasteiger partial charge is 0.252 e. The summed E-state index contributed by atoms with van der Waals surface area (Å²) in [4.78, 5) is 33.6. The van der Waals surface area contributed by atoms with Crippen LogP contribution in [0.1, 0.15) is 34.0 Å². The molecule has 0 bridgehead atoms. The molecule has 26 heavy (non-hydrogen) atoms. The highest BCUT2D eigenvalue weighted by Crippen LogP contribution is 2.37. The van der Waals surface area contributed by atoms with Crippen LogP contribution in [0, 0.1) is 6.92 Å². The summed E-state index contributed by atoms with van der Waals surface area (Å²) in [5.41, 5.74) is 1.85. The molecule has 0 aliphatic carbocycles. The zero-order valence-corrected chi connectivity index (χ0v) is 14.6. The number of fused-ring (bicyclic) bond motifs is 1. The van der Waals surface area contributed by atoms with Crippen molar-refractivity contribution in [1.82, 2.24) is 19.7 Å². The fourth-order valence-corrected chi connectivity index (χ4v) is 3.26. The molecule has 1 aromatic carbocycles. The Labute approximate surface area is 154 Å². The number of nitrogens with one attached hydrogen (secondary N) is 1. The van der Waals surface area contributed by atoms with Crippen molar-refractivity contribution < 1.29 is 9.59 Å². The number of halogens is 1. The molecule has 0 unspecified atom stereocenters. The molecule has 1 aliphatic rings. The summed E-state index contributed by atoms with van der Waals surface area (Å²) in [7, 11) is 0. The number of ketones is 1. The van der Waals surface area contributed by atoms with E-state index in [1.807, 2.05) is 0 Å². The van der Waals surface area contributed by atoms with Gasteiger partial charge < -0.3 is 5.32 Å². The Bertz CT molecular complexity index is 998. The van der Waals surface area contributed by atoms with Gasteiger partial charge in [-0.1, -0.05) is 11.6 Å². The lowest BCUT2D eigenvalue weighted by Gasteiger charge is -2.22. The zero-order chi connectivity index (χ0) is 18.3. The third-order valence-corrected chi connectivity index (χ3v) is 4.54. The van der Waals surface area contributed by atoms with Crippen molar-refractivity contribution in [3.8, 4) is 5.95 Å². The van der Waals surface area contributed by atoms with Crippen LogP contribution in [0.4, 0.5) is 5.82 Å². The van der Waals surface area contributed by atoms with Gasteiger partial charge in [0.2, 0.25) is 5.91 Å². The number of rotatable bonds is 3. The first-order valence-corrected chi connectivity index (χ1v) is 8.39. The molecule has 8 heteroatoms. The van der Waals surface area contributed by atoms with Gasteiger partial charge in [0, 0.05) is 35.0 Å². The summed E-state index contributed by atoms with van der Waals surface area (Å²) in [5, 5.41) is 7.79. The second kappa shape index (κ2) is 6.34. The van der Waals surface area contributed by atoms with Crippen LogP contribution in [0.5, 0.6) is 0 Å². The van der Waals surface area contributed by atoms with Gasteiger partial charge in [-0.2, -0.15) is 9.78 Å². The maximum Gasteiger partial charge on any atom is 0.252 e. The predicted molar refractivity (Wildman–Crippen MR) is 95.7 cm³/mol. The number of aromatic nitrogens is 4. The number of nitrogens with zero attached hydrogens (tertiary/aromatic N) is 4. The van der Waals surface area contributed by atoms with Crippen molar-refractivity contribution in [3.05, 3.63) is 64.6 Å². The molecule has 7 nitrogen and oxygen atoms in total. The Morgan fingerprint density at radius 3 is 2.62 bits per heavy atom. The monoisotopic (exact) mass is 367 g/mol. The molecule has 0 saturated heterocycles. The average Bonchev–Trinajstić information content (AvgIpc) is 2.98. The molecule has 0 radical (unpaired) electrons. The Morgan fingerprint density at radius 1 is 1.23 bits per heavy atom. The normalized spacial score (nSPS) is 16.1. The third-order valence-electron chi connectivity index (χ3n) is 4.29. The van der Waals surface area contributed by atoms with E-state index in [9.17, 15) is 9.59 Å².